The Kier molecular flexibility index (Phi) is 7.35. The summed E-state index contributed by atoms with van der Waals surface area (Å²) in [5.74, 6) is 1.22. The molecule has 2 aromatic carbocycles. The monoisotopic (exact) mass is 429 g/mol. The Hall–Kier alpha value is -3.00. The van der Waals surface area contributed by atoms with Gasteiger partial charge in [0.25, 0.3) is 5.24 Å². The van der Waals surface area contributed by atoms with Crippen LogP contribution in [0, 0.1) is 0 Å². The molecule has 1 heterocycles. The van der Waals surface area contributed by atoms with Gasteiger partial charge in [0.2, 0.25) is 5.91 Å². The number of hydrogen-bond acceptors (Lipinski definition) is 7. The van der Waals surface area contributed by atoms with Gasteiger partial charge >= 0.3 is 0 Å². The number of hydrogen-bond donors (Lipinski definition) is 1. The SMILES string of the molecule is CCOc1cc(OCC)cc(C(=O)COc2ccc(CC3SC(=O)NC3=O)cc2)c1. The largest absolute Gasteiger partial charge is 0.494 e. The highest BCUT2D eigenvalue weighted by Gasteiger charge is 2.31. The molecular formula is C22H23NO6S. The summed E-state index contributed by atoms with van der Waals surface area (Å²) in [6, 6.07) is 12.2. The Morgan fingerprint density at radius 3 is 2.10 bits per heavy atom. The maximum Gasteiger partial charge on any atom is 0.286 e. The van der Waals surface area contributed by atoms with Crippen LogP contribution in [0.4, 0.5) is 4.79 Å². The first-order valence-corrected chi connectivity index (χ1v) is 10.5. The van der Waals surface area contributed by atoms with E-state index in [0.717, 1.165) is 17.3 Å². The summed E-state index contributed by atoms with van der Waals surface area (Å²) in [5, 5.41) is 1.55. The van der Waals surface area contributed by atoms with Crippen LogP contribution in [0.2, 0.25) is 0 Å². The zero-order chi connectivity index (χ0) is 21.5. The lowest BCUT2D eigenvalue weighted by atomic mass is 10.1. The number of ketones is 1. The Morgan fingerprint density at radius 1 is 0.933 bits per heavy atom. The van der Waals surface area contributed by atoms with Crippen molar-refractivity contribution in [2.45, 2.75) is 25.5 Å². The smallest absolute Gasteiger partial charge is 0.286 e. The number of ether oxygens (including phenoxy) is 3. The van der Waals surface area contributed by atoms with E-state index < -0.39 is 5.25 Å². The van der Waals surface area contributed by atoms with E-state index in [1.807, 2.05) is 26.0 Å². The first-order chi connectivity index (χ1) is 14.5. The molecule has 158 valence electrons. The summed E-state index contributed by atoms with van der Waals surface area (Å²) >= 11 is 0.998. The Labute approximate surface area is 179 Å². The van der Waals surface area contributed by atoms with E-state index in [-0.39, 0.29) is 23.5 Å². The van der Waals surface area contributed by atoms with Crippen LogP contribution >= 0.6 is 11.8 Å². The minimum atomic E-state index is -0.414. The second kappa shape index (κ2) is 10.2. The van der Waals surface area contributed by atoms with Crippen LogP contribution in [0.3, 0.4) is 0 Å². The van der Waals surface area contributed by atoms with Crippen LogP contribution < -0.4 is 19.5 Å². The van der Waals surface area contributed by atoms with Crippen LogP contribution in [-0.4, -0.2) is 42.0 Å². The van der Waals surface area contributed by atoms with Crippen molar-refractivity contribution in [3.8, 4) is 17.2 Å². The Morgan fingerprint density at radius 2 is 1.57 bits per heavy atom. The molecule has 1 aliphatic rings. The number of rotatable bonds is 10. The molecule has 1 N–H and O–H groups in total. The van der Waals surface area contributed by atoms with Crippen molar-refractivity contribution in [1.82, 2.24) is 5.32 Å². The van der Waals surface area contributed by atoms with E-state index in [2.05, 4.69) is 5.32 Å². The molecule has 1 aliphatic heterocycles. The van der Waals surface area contributed by atoms with Crippen molar-refractivity contribution in [1.29, 1.82) is 0 Å². The summed E-state index contributed by atoms with van der Waals surface area (Å²) in [6.45, 7) is 4.59. The summed E-state index contributed by atoms with van der Waals surface area (Å²) in [5.41, 5.74) is 1.36. The second-order valence-corrected chi connectivity index (χ2v) is 7.68. The van der Waals surface area contributed by atoms with Crippen molar-refractivity contribution >= 4 is 28.7 Å². The molecular weight excluding hydrogens is 406 g/mol. The average Bonchev–Trinajstić information content (AvgIpc) is 3.04. The number of carbonyl (C=O) groups is 3. The van der Waals surface area contributed by atoms with E-state index in [1.54, 1.807) is 30.3 Å². The van der Waals surface area contributed by atoms with Gasteiger partial charge in [0.15, 0.2) is 12.4 Å². The lowest BCUT2D eigenvalue weighted by Crippen LogP contribution is -2.25. The molecule has 0 aromatic heterocycles. The molecule has 2 aromatic rings. The molecule has 0 spiro atoms. The number of thioether (sulfide) groups is 1. The topological polar surface area (TPSA) is 90.9 Å². The summed E-state index contributed by atoms with van der Waals surface area (Å²) in [4.78, 5) is 35.5. The fraction of sp³-hybridized carbons (Fsp3) is 0.318. The highest BCUT2D eigenvalue weighted by Crippen LogP contribution is 2.25. The minimum absolute atomic E-state index is 0.129. The van der Waals surface area contributed by atoms with Gasteiger partial charge in [-0.25, -0.2) is 0 Å². The van der Waals surface area contributed by atoms with Crippen LogP contribution in [0.15, 0.2) is 42.5 Å². The molecule has 7 nitrogen and oxygen atoms in total. The molecule has 8 heteroatoms. The van der Waals surface area contributed by atoms with Gasteiger partial charge in [-0.2, -0.15) is 0 Å². The fourth-order valence-corrected chi connectivity index (χ4v) is 3.79. The normalized spacial score (nSPS) is 15.6. The average molecular weight is 429 g/mol. The number of nitrogens with one attached hydrogen (secondary N) is 1. The molecule has 30 heavy (non-hydrogen) atoms. The number of Topliss-reactive ketones (excluding diaryl/α,β-unsaturated/α-hetero) is 1. The van der Waals surface area contributed by atoms with E-state index in [1.165, 1.54) is 0 Å². The molecule has 1 unspecified atom stereocenters. The number of carbonyl (C=O) groups excluding carboxylic acids is 3. The maximum atomic E-state index is 12.6. The maximum absolute atomic E-state index is 12.6. The Balaban J connectivity index is 1.59. The lowest BCUT2D eigenvalue weighted by Gasteiger charge is -2.11. The number of amides is 2. The van der Waals surface area contributed by atoms with Crippen molar-refractivity contribution in [3.05, 3.63) is 53.6 Å². The van der Waals surface area contributed by atoms with Gasteiger partial charge in [0.1, 0.15) is 17.2 Å². The van der Waals surface area contributed by atoms with Crippen molar-refractivity contribution < 1.29 is 28.6 Å². The van der Waals surface area contributed by atoms with E-state index >= 15 is 0 Å². The van der Waals surface area contributed by atoms with Gasteiger partial charge in [0.05, 0.1) is 18.5 Å². The highest BCUT2D eigenvalue weighted by atomic mass is 32.2. The molecule has 0 bridgehead atoms. The van der Waals surface area contributed by atoms with Crippen LogP contribution in [0.25, 0.3) is 0 Å². The van der Waals surface area contributed by atoms with Crippen molar-refractivity contribution in [2.24, 2.45) is 0 Å². The quantitative estimate of drug-likeness (QED) is 0.577. The number of benzene rings is 2. The molecule has 0 saturated carbocycles. The third kappa shape index (κ3) is 5.76. The zero-order valence-electron chi connectivity index (χ0n) is 16.8. The molecule has 2 amide bonds. The summed E-state index contributed by atoms with van der Waals surface area (Å²) in [6.07, 6.45) is 0.450. The predicted octanol–water partition coefficient (Wildman–Crippen LogP) is 3.64. The molecule has 3 rings (SSSR count). The third-order valence-corrected chi connectivity index (χ3v) is 5.29. The van der Waals surface area contributed by atoms with E-state index in [4.69, 9.17) is 14.2 Å². The van der Waals surface area contributed by atoms with Crippen molar-refractivity contribution in [3.63, 3.8) is 0 Å². The number of imide groups is 1. The van der Waals surface area contributed by atoms with Crippen molar-refractivity contribution in [2.75, 3.05) is 19.8 Å². The first kappa shape index (κ1) is 21.7. The molecule has 0 radical (unpaired) electrons. The van der Waals surface area contributed by atoms with Gasteiger partial charge in [-0.05, 0) is 50.1 Å². The van der Waals surface area contributed by atoms with Gasteiger partial charge in [-0.15, -0.1) is 0 Å². The summed E-state index contributed by atoms with van der Waals surface area (Å²) < 4.78 is 16.6. The predicted molar refractivity (Wildman–Crippen MR) is 114 cm³/mol. The van der Waals surface area contributed by atoms with E-state index in [0.29, 0.717) is 42.4 Å². The van der Waals surface area contributed by atoms with Crippen LogP contribution in [-0.2, 0) is 11.2 Å². The van der Waals surface area contributed by atoms with Gasteiger partial charge < -0.3 is 14.2 Å². The standard InChI is InChI=1S/C22H23NO6S/c1-3-27-17-10-15(11-18(12-17)28-4-2)19(24)13-29-16-7-5-14(6-8-16)9-20-21(25)23-22(26)30-20/h5-8,10-12,20H,3-4,9,13H2,1-2H3,(H,23,25,26). The Bertz CT molecular complexity index is 903. The van der Waals surface area contributed by atoms with Gasteiger partial charge in [-0.3, -0.25) is 19.7 Å². The van der Waals surface area contributed by atoms with Crippen LogP contribution in [0.1, 0.15) is 29.8 Å². The molecule has 1 atom stereocenters. The zero-order valence-corrected chi connectivity index (χ0v) is 17.6. The van der Waals surface area contributed by atoms with Gasteiger partial charge in [-0.1, -0.05) is 23.9 Å². The minimum Gasteiger partial charge on any atom is -0.494 e. The van der Waals surface area contributed by atoms with Crippen LogP contribution in [0.5, 0.6) is 17.2 Å². The highest BCUT2D eigenvalue weighted by molar-refractivity contribution is 8.15. The van der Waals surface area contributed by atoms with E-state index in [9.17, 15) is 14.4 Å². The molecule has 1 fully saturated rings. The van der Waals surface area contributed by atoms with Gasteiger partial charge in [0, 0.05) is 11.6 Å². The first-order valence-electron chi connectivity index (χ1n) is 9.65. The molecule has 0 aliphatic carbocycles. The lowest BCUT2D eigenvalue weighted by molar-refractivity contribution is -0.118. The second-order valence-electron chi connectivity index (χ2n) is 6.50. The molecule has 1 saturated heterocycles. The third-order valence-electron chi connectivity index (χ3n) is 4.31. The fourth-order valence-electron chi connectivity index (χ4n) is 2.93. The summed E-state index contributed by atoms with van der Waals surface area (Å²) in [7, 11) is 0.